The Morgan fingerprint density at radius 1 is 1.67 bits per heavy atom. The van der Waals surface area contributed by atoms with Gasteiger partial charge in [0.2, 0.25) is 0 Å². The smallest absolute Gasteiger partial charge is 0.121 e. The minimum absolute atomic E-state index is 0.486. The summed E-state index contributed by atoms with van der Waals surface area (Å²) < 4.78 is 1.86. The van der Waals surface area contributed by atoms with Crippen LogP contribution in [0.4, 0.5) is 0 Å². The lowest BCUT2D eigenvalue weighted by molar-refractivity contribution is 0.784. The summed E-state index contributed by atoms with van der Waals surface area (Å²) in [7, 11) is 0. The minimum atomic E-state index is 0.486. The fourth-order valence-corrected chi connectivity index (χ4v) is 1.30. The summed E-state index contributed by atoms with van der Waals surface area (Å²) in [6.45, 7) is 4.22. The molecule has 0 aliphatic rings. The second kappa shape index (κ2) is 2.52. The number of hydrogen-bond donors (Lipinski definition) is 0. The summed E-state index contributed by atoms with van der Waals surface area (Å²) in [5, 5.41) is 0. The van der Waals surface area contributed by atoms with Crippen LogP contribution < -0.4 is 0 Å². The monoisotopic (exact) mass is 188 g/mol. The van der Waals surface area contributed by atoms with E-state index in [0.717, 1.165) is 5.82 Å². The van der Waals surface area contributed by atoms with Crippen molar-refractivity contribution in [2.45, 2.75) is 19.8 Å². The zero-order chi connectivity index (χ0) is 6.85. The molecule has 0 atom stereocenters. The number of rotatable bonds is 1. The number of nitrogens with zero attached hydrogens (tertiary/aromatic N) is 2. The van der Waals surface area contributed by atoms with Crippen LogP contribution in [0.1, 0.15) is 25.6 Å². The number of halogens is 1. The van der Waals surface area contributed by atoms with Crippen molar-refractivity contribution < 1.29 is 0 Å². The molecule has 0 spiro atoms. The lowest BCUT2D eigenvalue weighted by Gasteiger charge is -2.00. The number of aromatic nitrogens is 2. The Morgan fingerprint density at radius 3 is 2.56 bits per heavy atom. The molecule has 0 aromatic carbocycles. The molecule has 0 bridgehead atoms. The Bertz CT molecular complexity index is 193. The van der Waals surface area contributed by atoms with Crippen molar-refractivity contribution in [3.8, 4) is 0 Å². The van der Waals surface area contributed by atoms with E-state index in [1.807, 2.05) is 9.79 Å². The molecule has 0 N–H and O–H groups in total. The Hall–Kier alpha value is -0.310. The van der Waals surface area contributed by atoms with E-state index >= 15 is 0 Å². The molecule has 0 radical (unpaired) electrons. The van der Waals surface area contributed by atoms with Crippen LogP contribution in [0.5, 0.6) is 0 Å². The van der Waals surface area contributed by atoms with Crippen molar-refractivity contribution in [3.63, 3.8) is 0 Å². The average molecular weight is 189 g/mol. The van der Waals surface area contributed by atoms with E-state index in [9.17, 15) is 0 Å². The molecule has 0 saturated heterocycles. The van der Waals surface area contributed by atoms with E-state index in [2.05, 4.69) is 35.0 Å². The zero-order valence-electron chi connectivity index (χ0n) is 5.50. The molecule has 3 heteroatoms. The standard InChI is InChI=1S/C6H9BrN2/c1-5(2)6-8-3-4-9(6)7/h3-5H,1-2H3. The van der Waals surface area contributed by atoms with E-state index < -0.39 is 0 Å². The fourth-order valence-electron chi connectivity index (χ4n) is 0.695. The van der Waals surface area contributed by atoms with Crippen LogP contribution in [-0.4, -0.2) is 8.58 Å². The van der Waals surface area contributed by atoms with Gasteiger partial charge in [0.05, 0.1) is 16.1 Å². The molecule has 0 fully saturated rings. The minimum Gasteiger partial charge on any atom is -0.270 e. The van der Waals surface area contributed by atoms with Gasteiger partial charge in [-0.3, -0.25) is 3.59 Å². The van der Waals surface area contributed by atoms with E-state index in [1.54, 1.807) is 6.20 Å². The molecule has 0 unspecified atom stereocenters. The van der Waals surface area contributed by atoms with Gasteiger partial charge >= 0.3 is 0 Å². The SMILES string of the molecule is CC(C)c1nccn1Br. The highest BCUT2D eigenvalue weighted by Gasteiger charge is 2.02. The second-order valence-corrected chi connectivity index (χ2v) is 3.02. The highest BCUT2D eigenvalue weighted by Crippen LogP contribution is 2.12. The third kappa shape index (κ3) is 1.33. The first kappa shape index (κ1) is 6.81. The van der Waals surface area contributed by atoms with Crippen LogP contribution in [-0.2, 0) is 0 Å². The summed E-state index contributed by atoms with van der Waals surface area (Å²) in [5.41, 5.74) is 0. The first-order valence-electron chi connectivity index (χ1n) is 2.91. The third-order valence-electron chi connectivity index (χ3n) is 1.14. The lowest BCUT2D eigenvalue weighted by atomic mass is 10.2. The molecule has 0 amide bonds. The van der Waals surface area contributed by atoms with Gasteiger partial charge in [-0.15, -0.1) is 0 Å². The summed E-state index contributed by atoms with van der Waals surface area (Å²) in [5.74, 6) is 1.55. The summed E-state index contributed by atoms with van der Waals surface area (Å²) in [4.78, 5) is 4.13. The van der Waals surface area contributed by atoms with Crippen LogP contribution in [0.3, 0.4) is 0 Å². The lowest BCUT2D eigenvalue weighted by Crippen LogP contribution is -1.93. The Morgan fingerprint density at radius 2 is 2.33 bits per heavy atom. The maximum atomic E-state index is 4.13. The molecule has 9 heavy (non-hydrogen) atoms. The molecule has 1 heterocycles. The molecule has 0 saturated carbocycles. The highest BCUT2D eigenvalue weighted by molar-refractivity contribution is 9.08. The van der Waals surface area contributed by atoms with E-state index in [0.29, 0.717) is 5.92 Å². The van der Waals surface area contributed by atoms with Crippen molar-refractivity contribution in [1.82, 2.24) is 8.58 Å². The van der Waals surface area contributed by atoms with Crippen LogP contribution in [0, 0.1) is 0 Å². The number of hydrogen-bond acceptors (Lipinski definition) is 1. The van der Waals surface area contributed by atoms with E-state index in [-0.39, 0.29) is 0 Å². The van der Waals surface area contributed by atoms with Gasteiger partial charge in [-0.05, 0) is 0 Å². The van der Waals surface area contributed by atoms with Gasteiger partial charge < -0.3 is 0 Å². The van der Waals surface area contributed by atoms with Gasteiger partial charge in [-0.2, -0.15) is 0 Å². The molecule has 1 aromatic heterocycles. The van der Waals surface area contributed by atoms with Crippen molar-refractivity contribution in [2.24, 2.45) is 0 Å². The fraction of sp³-hybridized carbons (Fsp3) is 0.500. The molecule has 1 aromatic rings. The average Bonchev–Trinajstić information content (AvgIpc) is 2.13. The van der Waals surface area contributed by atoms with Crippen LogP contribution >= 0.6 is 16.1 Å². The Labute approximate surface area is 63.2 Å². The first-order valence-corrected chi connectivity index (χ1v) is 3.62. The highest BCUT2D eigenvalue weighted by atomic mass is 79.9. The van der Waals surface area contributed by atoms with Crippen molar-refractivity contribution in [2.75, 3.05) is 0 Å². The Balaban J connectivity index is 2.94. The maximum Gasteiger partial charge on any atom is 0.121 e. The molecule has 0 aliphatic heterocycles. The topological polar surface area (TPSA) is 17.8 Å². The summed E-state index contributed by atoms with van der Waals surface area (Å²) >= 11 is 3.32. The summed E-state index contributed by atoms with van der Waals surface area (Å²) in [6.07, 6.45) is 3.67. The molecule has 0 aliphatic carbocycles. The molecule has 2 nitrogen and oxygen atoms in total. The Kier molecular flexibility index (Phi) is 1.90. The van der Waals surface area contributed by atoms with Gasteiger partial charge in [0.25, 0.3) is 0 Å². The van der Waals surface area contributed by atoms with E-state index in [1.165, 1.54) is 0 Å². The van der Waals surface area contributed by atoms with Gasteiger partial charge in [0.15, 0.2) is 0 Å². The first-order chi connectivity index (χ1) is 4.22. The molecular weight excluding hydrogens is 180 g/mol. The van der Waals surface area contributed by atoms with Crippen molar-refractivity contribution in [1.29, 1.82) is 0 Å². The molecular formula is C6H9BrN2. The predicted molar refractivity (Wildman–Crippen MR) is 40.6 cm³/mol. The second-order valence-electron chi connectivity index (χ2n) is 2.25. The van der Waals surface area contributed by atoms with Crippen LogP contribution in [0.25, 0.3) is 0 Å². The largest absolute Gasteiger partial charge is 0.270 e. The van der Waals surface area contributed by atoms with Gasteiger partial charge in [-0.25, -0.2) is 4.98 Å². The maximum absolute atomic E-state index is 4.13. The normalized spacial score (nSPS) is 10.7. The number of imidazole rings is 1. The van der Waals surface area contributed by atoms with Gasteiger partial charge in [0, 0.05) is 18.3 Å². The molecule has 50 valence electrons. The predicted octanol–water partition coefficient (Wildman–Crippen LogP) is 2.16. The zero-order valence-corrected chi connectivity index (χ0v) is 7.09. The summed E-state index contributed by atoms with van der Waals surface area (Å²) in [6, 6.07) is 0. The van der Waals surface area contributed by atoms with Gasteiger partial charge in [0.1, 0.15) is 5.82 Å². The van der Waals surface area contributed by atoms with Crippen molar-refractivity contribution >= 4 is 16.1 Å². The van der Waals surface area contributed by atoms with Crippen molar-refractivity contribution in [3.05, 3.63) is 18.2 Å². The van der Waals surface area contributed by atoms with Crippen LogP contribution in [0.15, 0.2) is 12.4 Å². The third-order valence-corrected chi connectivity index (χ3v) is 1.74. The van der Waals surface area contributed by atoms with E-state index in [4.69, 9.17) is 0 Å². The quantitative estimate of drug-likeness (QED) is 0.661. The molecule has 1 rings (SSSR count). The van der Waals surface area contributed by atoms with Gasteiger partial charge in [-0.1, -0.05) is 13.8 Å². The van der Waals surface area contributed by atoms with Crippen LogP contribution in [0.2, 0.25) is 0 Å².